The molecule has 0 saturated carbocycles. The number of aliphatic hydroxyl groups is 1. The van der Waals surface area contributed by atoms with Crippen LogP contribution in [0.5, 0.6) is 0 Å². The summed E-state index contributed by atoms with van der Waals surface area (Å²) in [4.78, 5) is 10.3. The smallest absolute Gasteiger partial charge is 0.244 e. The largest absolute Gasteiger partial charge is 0.510 e. The van der Waals surface area contributed by atoms with E-state index in [0.29, 0.717) is 6.61 Å². The summed E-state index contributed by atoms with van der Waals surface area (Å²) in [5.41, 5.74) is 4.83. The zero-order valence-corrected chi connectivity index (χ0v) is 8.66. The van der Waals surface area contributed by atoms with Crippen LogP contribution in [0, 0.1) is 0 Å². The van der Waals surface area contributed by atoms with Crippen molar-refractivity contribution in [3.05, 3.63) is 11.8 Å². The quantitative estimate of drug-likeness (QED) is 0.355. The van der Waals surface area contributed by atoms with Crippen LogP contribution in [0.3, 0.4) is 0 Å². The lowest BCUT2D eigenvalue weighted by atomic mass is 10.2. The van der Waals surface area contributed by atoms with Crippen molar-refractivity contribution in [1.29, 1.82) is 0 Å². The van der Waals surface area contributed by atoms with Crippen molar-refractivity contribution < 1.29 is 14.6 Å². The van der Waals surface area contributed by atoms with Gasteiger partial charge in [0.1, 0.15) is 12.4 Å². The van der Waals surface area contributed by atoms with Crippen LogP contribution in [-0.4, -0.2) is 24.2 Å². The minimum atomic E-state index is -0.655. The van der Waals surface area contributed by atoms with Crippen LogP contribution in [0.2, 0.25) is 0 Å². The van der Waals surface area contributed by atoms with Crippen LogP contribution in [0.1, 0.15) is 32.6 Å². The first-order valence-corrected chi connectivity index (χ1v) is 4.93. The van der Waals surface area contributed by atoms with Crippen molar-refractivity contribution in [3.8, 4) is 0 Å². The number of rotatable bonds is 8. The fraction of sp³-hybridized carbons (Fsp3) is 0.700. The third-order valence-corrected chi connectivity index (χ3v) is 1.70. The third-order valence-electron chi connectivity index (χ3n) is 1.70. The van der Waals surface area contributed by atoms with Gasteiger partial charge in [0.05, 0.1) is 0 Å². The van der Waals surface area contributed by atoms with E-state index in [1.165, 1.54) is 12.8 Å². The molecule has 0 saturated heterocycles. The highest BCUT2D eigenvalue weighted by atomic mass is 16.5. The Morgan fingerprint density at radius 1 is 1.43 bits per heavy atom. The Bertz CT molecular complexity index is 190. The molecule has 0 atom stereocenters. The fourth-order valence-corrected chi connectivity index (χ4v) is 1.01. The molecule has 4 heteroatoms. The minimum absolute atomic E-state index is 0.0645. The number of primary amides is 1. The average molecular weight is 201 g/mol. The fourth-order valence-electron chi connectivity index (χ4n) is 1.01. The van der Waals surface area contributed by atoms with Crippen molar-refractivity contribution in [1.82, 2.24) is 0 Å². The summed E-state index contributed by atoms with van der Waals surface area (Å²) in [5, 5.41) is 9.06. The summed E-state index contributed by atoms with van der Waals surface area (Å²) in [6.07, 6.45) is 5.47. The standard InChI is InChI=1S/C10H19NO3/c1-2-3-4-5-6-14-8-9(12)7-10(11)13/h7,12H,2-6,8H2,1H3,(H2,11,13). The lowest BCUT2D eigenvalue weighted by molar-refractivity contribution is -0.113. The molecular weight excluding hydrogens is 182 g/mol. The predicted molar refractivity (Wildman–Crippen MR) is 54.9 cm³/mol. The molecule has 0 bridgehead atoms. The van der Waals surface area contributed by atoms with Gasteiger partial charge >= 0.3 is 0 Å². The van der Waals surface area contributed by atoms with E-state index < -0.39 is 5.91 Å². The number of carbonyl (C=O) groups is 1. The molecule has 0 aliphatic rings. The molecular formula is C10H19NO3. The molecule has 0 aromatic heterocycles. The minimum Gasteiger partial charge on any atom is -0.510 e. The molecule has 1 amide bonds. The van der Waals surface area contributed by atoms with E-state index in [1.54, 1.807) is 0 Å². The maximum Gasteiger partial charge on any atom is 0.244 e. The molecule has 82 valence electrons. The summed E-state index contributed by atoms with van der Waals surface area (Å²) in [6.45, 7) is 2.81. The van der Waals surface area contributed by atoms with Gasteiger partial charge in [0.25, 0.3) is 0 Å². The number of hydrogen-bond acceptors (Lipinski definition) is 3. The van der Waals surface area contributed by atoms with Crippen LogP contribution in [0.15, 0.2) is 11.8 Å². The molecule has 0 heterocycles. The van der Waals surface area contributed by atoms with Gasteiger partial charge in [-0.1, -0.05) is 26.2 Å². The van der Waals surface area contributed by atoms with Crippen molar-refractivity contribution in [2.24, 2.45) is 5.73 Å². The highest BCUT2D eigenvalue weighted by Crippen LogP contribution is 1.99. The second-order valence-corrected chi connectivity index (χ2v) is 3.15. The van der Waals surface area contributed by atoms with Crippen molar-refractivity contribution >= 4 is 5.91 Å². The molecule has 3 N–H and O–H groups in total. The van der Waals surface area contributed by atoms with Crippen molar-refractivity contribution in [2.45, 2.75) is 32.6 Å². The summed E-state index contributed by atoms with van der Waals surface area (Å²) >= 11 is 0. The number of aliphatic hydroxyl groups excluding tert-OH is 1. The van der Waals surface area contributed by atoms with Gasteiger partial charge in [-0.3, -0.25) is 4.79 Å². The van der Waals surface area contributed by atoms with E-state index in [4.69, 9.17) is 15.6 Å². The van der Waals surface area contributed by atoms with Gasteiger partial charge in [0.2, 0.25) is 5.91 Å². The monoisotopic (exact) mass is 201 g/mol. The van der Waals surface area contributed by atoms with Gasteiger partial charge in [0, 0.05) is 12.7 Å². The first-order valence-electron chi connectivity index (χ1n) is 4.93. The average Bonchev–Trinajstić information content (AvgIpc) is 2.10. The van der Waals surface area contributed by atoms with E-state index in [0.717, 1.165) is 18.9 Å². The number of ether oxygens (including phenoxy) is 1. The number of unbranched alkanes of at least 4 members (excludes halogenated alkanes) is 3. The Hall–Kier alpha value is -1.03. The zero-order chi connectivity index (χ0) is 10.8. The molecule has 0 aromatic rings. The molecule has 0 unspecified atom stereocenters. The first kappa shape index (κ1) is 13.0. The Kier molecular flexibility index (Phi) is 7.93. The molecule has 14 heavy (non-hydrogen) atoms. The number of nitrogens with two attached hydrogens (primary N) is 1. The van der Waals surface area contributed by atoms with Crippen LogP contribution >= 0.6 is 0 Å². The van der Waals surface area contributed by atoms with Gasteiger partial charge in [-0.15, -0.1) is 0 Å². The zero-order valence-electron chi connectivity index (χ0n) is 8.66. The second-order valence-electron chi connectivity index (χ2n) is 3.15. The number of carbonyl (C=O) groups excluding carboxylic acids is 1. The Balaban J connectivity index is 3.31. The van der Waals surface area contributed by atoms with Crippen LogP contribution in [-0.2, 0) is 9.53 Å². The van der Waals surface area contributed by atoms with E-state index in [9.17, 15) is 4.79 Å². The number of amides is 1. The van der Waals surface area contributed by atoms with Crippen molar-refractivity contribution in [2.75, 3.05) is 13.2 Å². The highest BCUT2D eigenvalue weighted by Gasteiger charge is 1.96. The van der Waals surface area contributed by atoms with E-state index in [1.807, 2.05) is 0 Å². The van der Waals surface area contributed by atoms with Crippen LogP contribution in [0.25, 0.3) is 0 Å². The summed E-state index contributed by atoms with van der Waals surface area (Å²) in [6, 6.07) is 0. The van der Waals surface area contributed by atoms with Crippen molar-refractivity contribution in [3.63, 3.8) is 0 Å². The maximum atomic E-state index is 10.3. The van der Waals surface area contributed by atoms with Gasteiger partial charge in [-0.25, -0.2) is 0 Å². The highest BCUT2D eigenvalue weighted by molar-refractivity contribution is 5.86. The van der Waals surface area contributed by atoms with Crippen LogP contribution < -0.4 is 5.73 Å². The molecule has 4 nitrogen and oxygen atoms in total. The summed E-state index contributed by atoms with van der Waals surface area (Å²) in [5.74, 6) is -0.773. The molecule has 0 aliphatic carbocycles. The predicted octanol–water partition coefficient (Wildman–Crippen LogP) is 1.51. The van der Waals surface area contributed by atoms with Gasteiger partial charge in [0.15, 0.2) is 0 Å². The lowest BCUT2D eigenvalue weighted by Gasteiger charge is -2.02. The van der Waals surface area contributed by atoms with Gasteiger partial charge in [-0.05, 0) is 6.42 Å². The first-order chi connectivity index (χ1) is 6.66. The van der Waals surface area contributed by atoms with E-state index >= 15 is 0 Å². The molecule has 0 fully saturated rings. The SMILES string of the molecule is CCCCCCOCC(O)=CC(N)=O. The van der Waals surface area contributed by atoms with E-state index in [2.05, 4.69) is 6.92 Å². The van der Waals surface area contributed by atoms with E-state index in [-0.39, 0.29) is 12.4 Å². The number of hydrogen-bond donors (Lipinski definition) is 2. The van der Waals surface area contributed by atoms with Crippen LogP contribution in [0.4, 0.5) is 0 Å². The Morgan fingerprint density at radius 3 is 2.71 bits per heavy atom. The molecule has 0 radical (unpaired) electrons. The third kappa shape index (κ3) is 9.06. The normalized spacial score (nSPS) is 11.6. The molecule has 0 aromatic carbocycles. The molecule has 0 aliphatic heterocycles. The van der Waals surface area contributed by atoms with Gasteiger partial charge in [-0.2, -0.15) is 0 Å². The summed E-state index contributed by atoms with van der Waals surface area (Å²) < 4.78 is 5.12. The maximum absolute atomic E-state index is 10.3. The second kappa shape index (κ2) is 8.56. The summed E-state index contributed by atoms with van der Waals surface area (Å²) in [7, 11) is 0. The Morgan fingerprint density at radius 2 is 2.14 bits per heavy atom. The lowest BCUT2D eigenvalue weighted by Crippen LogP contribution is -2.09. The molecule has 0 rings (SSSR count). The van der Waals surface area contributed by atoms with Gasteiger partial charge < -0.3 is 15.6 Å². The molecule has 0 spiro atoms. The Labute approximate surface area is 84.7 Å². The topological polar surface area (TPSA) is 72.6 Å².